The summed E-state index contributed by atoms with van der Waals surface area (Å²) in [4.78, 5) is 22.0. The molecular formula is C10H17NO4. The minimum Gasteiger partial charge on any atom is -0.481 e. The van der Waals surface area contributed by atoms with Gasteiger partial charge in [-0.15, -0.1) is 0 Å². The van der Waals surface area contributed by atoms with E-state index in [1.54, 1.807) is 0 Å². The highest BCUT2D eigenvalue weighted by atomic mass is 16.5. The zero-order valence-corrected chi connectivity index (χ0v) is 9.03. The number of carboxylic acids is 1. The predicted octanol–water partition coefficient (Wildman–Crippen LogP) is 0.248. The molecule has 0 radical (unpaired) electrons. The summed E-state index contributed by atoms with van der Waals surface area (Å²) in [6, 6.07) is -0.0625. The monoisotopic (exact) mass is 215 g/mol. The molecule has 1 amide bonds. The smallest absolute Gasteiger partial charge is 0.307 e. The number of amides is 1. The molecule has 0 aromatic rings. The molecule has 0 heterocycles. The van der Waals surface area contributed by atoms with E-state index in [9.17, 15) is 9.59 Å². The van der Waals surface area contributed by atoms with Crippen LogP contribution in [0.25, 0.3) is 0 Å². The third kappa shape index (κ3) is 3.51. The number of carbonyl (C=O) groups is 2. The number of ether oxygens (including phenoxy) is 1. The predicted molar refractivity (Wildman–Crippen MR) is 53.3 cm³/mol. The number of hydrogen-bond donors (Lipinski definition) is 2. The SMILES string of the molecule is CCOCC(C)NC(=O)C1CC1C(=O)O. The lowest BCUT2D eigenvalue weighted by molar-refractivity contribution is -0.140. The van der Waals surface area contributed by atoms with Crippen LogP contribution in [0.5, 0.6) is 0 Å². The van der Waals surface area contributed by atoms with Gasteiger partial charge in [-0.3, -0.25) is 9.59 Å². The normalized spacial score (nSPS) is 25.7. The average molecular weight is 215 g/mol. The second-order valence-electron chi connectivity index (χ2n) is 3.86. The van der Waals surface area contributed by atoms with Crippen molar-refractivity contribution < 1.29 is 19.4 Å². The van der Waals surface area contributed by atoms with E-state index in [0.717, 1.165) is 0 Å². The molecule has 0 spiro atoms. The fraction of sp³-hybridized carbons (Fsp3) is 0.800. The van der Waals surface area contributed by atoms with Crippen molar-refractivity contribution in [1.29, 1.82) is 0 Å². The molecule has 3 unspecified atom stereocenters. The first-order chi connectivity index (χ1) is 7.06. The first-order valence-corrected chi connectivity index (χ1v) is 5.17. The molecule has 2 N–H and O–H groups in total. The average Bonchev–Trinajstić information content (AvgIpc) is 2.93. The third-order valence-electron chi connectivity index (χ3n) is 2.41. The second kappa shape index (κ2) is 5.11. The molecule has 1 aliphatic carbocycles. The van der Waals surface area contributed by atoms with Gasteiger partial charge in [-0.2, -0.15) is 0 Å². The Morgan fingerprint density at radius 3 is 2.67 bits per heavy atom. The number of nitrogens with one attached hydrogen (secondary N) is 1. The van der Waals surface area contributed by atoms with Crippen LogP contribution in [0.1, 0.15) is 20.3 Å². The Balaban J connectivity index is 2.22. The van der Waals surface area contributed by atoms with E-state index in [1.807, 2.05) is 13.8 Å². The number of rotatable bonds is 6. The Labute approximate surface area is 88.8 Å². The van der Waals surface area contributed by atoms with Crippen LogP contribution in [0, 0.1) is 11.8 Å². The standard InChI is InChI=1S/C10H17NO4/c1-3-15-5-6(2)11-9(12)7-4-8(7)10(13)14/h6-8H,3-5H2,1-2H3,(H,11,12)(H,13,14). The summed E-state index contributed by atoms with van der Waals surface area (Å²) in [5.74, 6) is -1.88. The molecule has 5 heteroatoms. The topological polar surface area (TPSA) is 75.6 Å². The fourth-order valence-electron chi connectivity index (χ4n) is 1.44. The first kappa shape index (κ1) is 12.0. The van der Waals surface area contributed by atoms with Gasteiger partial charge in [0.2, 0.25) is 5.91 Å². The lowest BCUT2D eigenvalue weighted by Crippen LogP contribution is -2.37. The van der Waals surface area contributed by atoms with Gasteiger partial charge in [0.1, 0.15) is 0 Å². The summed E-state index contributed by atoms with van der Waals surface area (Å²) in [5, 5.41) is 11.4. The van der Waals surface area contributed by atoms with Crippen molar-refractivity contribution >= 4 is 11.9 Å². The van der Waals surface area contributed by atoms with Gasteiger partial charge in [0.25, 0.3) is 0 Å². The van der Waals surface area contributed by atoms with Crippen LogP contribution in [-0.2, 0) is 14.3 Å². The van der Waals surface area contributed by atoms with Gasteiger partial charge in [-0.1, -0.05) is 0 Å². The van der Waals surface area contributed by atoms with Gasteiger partial charge in [0.05, 0.1) is 18.4 Å². The second-order valence-corrected chi connectivity index (χ2v) is 3.86. The molecule has 1 aliphatic rings. The summed E-state index contributed by atoms with van der Waals surface area (Å²) < 4.78 is 5.14. The minimum absolute atomic E-state index is 0.0625. The van der Waals surface area contributed by atoms with Crippen molar-refractivity contribution in [3.63, 3.8) is 0 Å². The van der Waals surface area contributed by atoms with Crippen molar-refractivity contribution in [2.45, 2.75) is 26.3 Å². The quantitative estimate of drug-likeness (QED) is 0.666. The van der Waals surface area contributed by atoms with Crippen LogP contribution < -0.4 is 5.32 Å². The number of aliphatic carboxylic acids is 1. The summed E-state index contributed by atoms with van der Waals surface area (Å²) in [5.41, 5.74) is 0. The van der Waals surface area contributed by atoms with Crippen LogP contribution in [0.15, 0.2) is 0 Å². The van der Waals surface area contributed by atoms with Gasteiger partial charge >= 0.3 is 5.97 Å². The van der Waals surface area contributed by atoms with Crippen LogP contribution >= 0.6 is 0 Å². The lowest BCUT2D eigenvalue weighted by atomic mass is 10.2. The highest BCUT2D eigenvalue weighted by Gasteiger charge is 2.48. The van der Waals surface area contributed by atoms with Gasteiger partial charge in [-0.25, -0.2) is 0 Å². The minimum atomic E-state index is -0.882. The molecular weight excluding hydrogens is 198 g/mol. The highest BCUT2D eigenvalue weighted by Crippen LogP contribution is 2.38. The summed E-state index contributed by atoms with van der Waals surface area (Å²) >= 11 is 0. The Bertz CT molecular complexity index is 254. The third-order valence-corrected chi connectivity index (χ3v) is 2.41. The number of carbonyl (C=O) groups excluding carboxylic acids is 1. The van der Waals surface area contributed by atoms with Crippen LogP contribution in [0.2, 0.25) is 0 Å². The zero-order valence-electron chi connectivity index (χ0n) is 9.03. The summed E-state index contributed by atoms with van der Waals surface area (Å²) in [6.45, 7) is 4.80. The maximum atomic E-state index is 11.5. The molecule has 5 nitrogen and oxygen atoms in total. The maximum Gasteiger partial charge on any atom is 0.307 e. The molecule has 0 bridgehead atoms. The summed E-state index contributed by atoms with van der Waals surface area (Å²) in [7, 11) is 0. The molecule has 0 saturated heterocycles. The van der Waals surface area contributed by atoms with Crippen molar-refractivity contribution in [2.75, 3.05) is 13.2 Å². The fourth-order valence-corrected chi connectivity index (χ4v) is 1.44. The van der Waals surface area contributed by atoms with Crippen molar-refractivity contribution in [3.8, 4) is 0 Å². The van der Waals surface area contributed by atoms with Crippen molar-refractivity contribution in [2.24, 2.45) is 11.8 Å². The van der Waals surface area contributed by atoms with E-state index < -0.39 is 11.9 Å². The Kier molecular flexibility index (Phi) is 4.08. The van der Waals surface area contributed by atoms with Crippen LogP contribution in [0.4, 0.5) is 0 Å². The molecule has 86 valence electrons. The summed E-state index contributed by atoms with van der Waals surface area (Å²) in [6.07, 6.45) is 0.461. The molecule has 1 rings (SSSR count). The van der Waals surface area contributed by atoms with E-state index in [1.165, 1.54) is 0 Å². The van der Waals surface area contributed by atoms with Gasteiger partial charge in [-0.05, 0) is 20.3 Å². The van der Waals surface area contributed by atoms with Gasteiger partial charge in [0, 0.05) is 12.6 Å². The van der Waals surface area contributed by atoms with E-state index in [0.29, 0.717) is 19.6 Å². The van der Waals surface area contributed by atoms with Crippen LogP contribution in [0.3, 0.4) is 0 Å². The Morgan fingerprint density at radius 2 is 2.20 bits per heavy atom. The molecule has 1 saturated carbocycles. The van der Waals surface area contributed by atoms with Gasteiger partial charge < -0.3 is 15.2 Å². The van der Waals surface area contributed by atoms with Crippen molar-refractivity contribution in [1.82, 2.24) is 5.32 Å². The Hall–Kier alpha value is -1.10. The van der Waals surface area contributed by atoms with E-state index >= 15 is 0 Å². The van der Waals surface area contributed by atoms with Crippen molar-refractivity contribution in [3.05, 3.63) is 0 Å². The molecule has 15 heavy (non-hydrogen) atoms. The zero-order chi connectivity index (χ0) is 11.4. The molecule has 3 atom stereocenters. The Morgan fingerprint density at radius 1 is 1.53 bits per heavy atom. The van der Waals surface area contributed by atoms with Gasteiger partial charge in [0.15, 0.2) is 0 Å². The number of hydrogen-bond acceptors (Lipinski definition) is 3. The lowest BCUT2D eigenvalue weighted by Gasteiger charge is -2.13. The molecule has 1 fully saturated rings. The van der Waals surface area contributed by atoms with Crippen LogP contribution in [-0.4, -0.2) is 36.2 Å². The largest absolute Gasteiger partial charge is 0.481 e. The highest BCUT2D eigenvalue weighted by molar-refractivity contribution is 5.89. The molecule has 0 aliphatic heterocycles. The first-order valence-electron chi connectivity index (χ1n) is 5.17. The maximum absolute atomic E-state index is 11.5. The van der Waals surface area contributed by atoms with E-state index in [4.69, 9.17) is 9.84 Å². The number of carboxylic acid groups (broad SMARTS) is 1. The molecule has 0 aromatic heterocycles. The van der Waals surface area contributed by atoms with E-state index in [2.05, 4.69) is 5.32 Å². The van der Waals surface area contributed by atoms with E-state index in [-0.39, 0.29) is 17.9 Å². The molecule has 0 aromatic carbocycles.